The van der Waals surface area contributed by atoms with Crippen molar-refractivity contribution in [3.63, 3.8) is 0 Å². The monoisotopic (exact) mass is 386 g/mol. The van der Waals surface area contributed by atoms with Crippen LogP contribution in [-0.2, 0) is 20.7 Å². The number of benzene rings is 1. The highest BCUT2D eigenvalue weighted by molar-refractivity contribution is 5.87. The predicted molar refractivity (Wildman–Crippen MR) is 97.6 cm³/mol. The predicted octanol–water partition coefficient (Wildman–Crippen LogP) is 3.65. The molecule has 3 unspecified atom stereocenters. The maximum Gasteiger partial charge on any atom is 0.311 e. The zero-order valence-corrected chi connectivity index (χ0v) is 16.0. The first-order chi connectivity index (χ1) is 13.4. The first kappa shape index (κ1) is 18.7. The van der Waals surface area contributed by atoms with Crippen LogP contribution in [0.25, 0.3) is 0 Å². The molecule has 3 atom stereocenters. The second-order valence-corrected chi connectivity index (χ2v) is 7.53. The second-order valence-electron chi connectivity index (χ2n) is 7.53. The molecule has 2 heterocycles. The number of amides is 1. The number of oxazole rings is 1. The van der Waals surface area contributed by atoms with E-state index in [0.717, 1.165) is 24.2 Å². The molecular weight excluding hydrogens is 363 g/mol. The first-order valence-electron chi connectivity index (χ1n) is 9.64. The minimum Gasteiger partial charge on any atom is -0.455 e. The number of rotatable bonds is 4. The highest BCUT2D eigenvalue weighted by atomic mass is 19.1. The van der Waals surface area contributed by atoms with Crippen LogP contribution in [0.4, 0.5) is 4.39 Å². The normalized spacial score (nSPS) is 22.8. The van der Waals surface area contributed by atoms with Gasteiger partial charge in [-0.2, -0.15) is 0 Å². The maximum atomic E-state index is 13.1. The average Bonchev–Trinajstić information content (AvgIpc) is 3.24. The maximum absolute atomic E-state index is 13.1. The van der Waals surface area contributed by atoms with Gasteiger partial charge >= 0.3 is 5.97 Å². The van der Waals surface area contributed by atoms with Gasteiger partial charge in [0.2, 0.25) is 5.91 Å². The Hall–Kier alpha value is -2.70. The van der Waals surface area contributed by atoms with Gasteiger partial charge in [-0.05, 0) is 37.5 Å². The van der Waals surface area contributed by atoms with Gasteiger partial charge < -0.3 is 14.1 Å². The quantitative estimate of drug-likeness (QED) is 0.750. The molecule has 1 aromatic carbocycles. The van der Waals surface area contributed by atoms with Gasteiger partial charge in [0.25, 0.3) is 0 Å². The number of hydrogen-bond donors (Lipinski definition) is 0. The number of carbonyl (C=O) groups is 2. The molecule has 1 aliphatic heterocycles. The Morgan fingerprint density at radius 2 is 2.11 bits per heavy atom. The lowest BCUT2D eigenvalue weighted by molar-refractivity contribution is -0.155. The molecule has 0 radical (unpaired) electrons. The smallest absolute Gasteiger partial charge is 0.311 e. The van der Waals surface area contributed by atoms with Gasteiger partial charge in [0.15, 0.2) is 5.89 Å². The van der Waals surface area contributed by atoms with Crippen LogP contribution in [0.15, 0.2) is 28.7 Å². The zero-order valence-electron chi connectivity index (χ0n) is 16.0. The summed E-state index contributed by atoms with van der Waals surface area (Å²) in [4.78, 5) is 31.2. The number of fused-ring (bicyclic) bond motifs is 1. The lowest BCUT2D eigenvalue weighted by Crippen LogP contribution is -2.30. The summed E-state index contributed by atoms with van der Waals surface area (Å²) in [5, 5.41) is 0. The second kappa shape index (κ2) is 7.37. The van der Waals surface area contributed by atoms with Gasteiger partial charge in [-0.3, -0.25) is 9.59 Å². The van der Waals surface area contributed by atoms with Crippen LogP contribution in [0.3, 0.4) is 0 Å². The van der Waals surface area contributed by atoms with Gasteiger partial charge in [0.05, 0.1) is 12.0 Å². The summed E-state index contributed by atoms with van der Waals surface area (Å²) in [6.45, 7) is 3.96. The minimum atomic E-state index is -0.506. The summed E-state index contributed by atoms with van der Waals surface area (Å²) < 4.78 is 24.4. The molecule has 0 spiro atoms. The zero-order chi connectivity index (χ0) is 19.8. The molecule has 1 fully saturated rings. The topological polar surface area (TPSA) is 72.6 Å². The largest absolute Gasteiger partial charge is 0.455 e. The van der Waals surface area contributed by atoms with E-state index in [0.29, 0.717) is 24.6 Å². The van der Waals surface area contributed by atoms with E-state index in [4.69, 9.17) is 9.15 Å². The SMILES string of the molecule is Cc1nc2c(o1)CCCC2OC(=O)C1CC(=O)N(C(C)c2ccc(F)cc2)C1. The third-order valence-electron chi connectivity index (χ3n) is 5.58. The third-order valence-corrected chi connectivity index (χ3v) is 5.58. The van der Waals surface area contributed by atoms with Gasteiger partial charge in [-0.15, -0.1) is 0 Å². The number of likely N-dealkylation sites (tertiary alicyclic amines) is 1. The van der Waals surface area contributed by atoms with Crippen LogP contribution >= 0.6 is 0 Å². The van der Waals surface area contributed by atoms with Gasteiger partial charge in [-0.1, -0.05) is 12.1 Å². The Morgan fingerprint density at radius 1 is 1.36 bits per heavy atom. The van der Waals surface area contributed by atoms with Crippen molar-refractivity contribution < 1.29 is 23.1 Å². The molecule has 28 heavy (non-hydrogen) atoms. The Morgan fingerprint density at radius 3 is 2.86 bits per heavy atom. The number of ether oxygens (including phenoxy) is 1. The molecule has 1 aliphatic carbocycles. The molecule has 1 aromatic heterocycles. The number of nitrogens with zero attached hydrogens (tertiary/aromatic N) is 2. The van der Waals surface area contributed by atoms with Crippen molar-refractivity contribution in [3.8, 4) is 0 Å². The lowest BCUT2D eigenvalue weighted by Gasteiger charge is -2.25. The van der Waals surface area contributed by atoms with Crippen LogP contribution < -0.4 is 0 Å². The summed E-state index contributed by atoms with van der Waals surface area (Å²) in [6.07, 6.45) is 2.10. The van der Waals surface area contributed by atoms with Crippen LogP contribution in [0.2, 0.25) is 0 Å². The number of halogens is 1. The Kier molecular flexibility index (Phi) is 4.91. The number of carbonyl (C=O) groups excluding carboxylic acids is 2. The van der Waals surface area contributed by atoms with Crippen molar-refractivity contribution in [1.29, 1.82) is 0 Å². The standard InChI is InChI=1S/C21H23FN2O4/c1-12(14-6-8-16(22)9-7-14)24-11-15(10-19(24)25)21(26)28-18-5-3-4-17-20(18)23-13(2)27-17/h6-9,12,15,18H,3-5,10-11H2,1-2H3. The number of aromatic nitrogens is 1. The van der Waals surface area contributed by atoms with Crippen molar-refractivity contribution in [1.82, 2.24) is 9.88 Å². The third kappa shape index (κ3) is 3.53. The number of aryl methyl sites for hydroxylation is 2. The number of esters is 1. The molecule has 6 nitrogen and oxygen atoms in total. The fourth-order valence-corrected chi connectivity index (χ4v) is 4.04. The molecule has 1 saturated heterocycles. The van der Waals surface area contributed by atoms with Crippen LogP contribution in [0.1, 0.15) is 61.2 Å². The summed E-state index contributed by atoms with van der Waals surface area (Å²) in [6, 6.07) is 5.84. The fraction of sp³-hybridized carbons (Fsp3) is 0.476. The molecule has 0 bridgehead atoms. The van der Waals surface area contributed by atoms with Crippen molar-refractivity contribution in [2.75, 3.05) is 6.54 Å². The molecule has 1 amide bonds. The lowest BCUT2D eigenvalue weighted by atomic mass is 9.99. The Bertz CT molecular complexity index is 892. The Labute approximate surface area is 162 Å². The van der Waals surface area contributed by atoms with Gasteiger partial charge in [0, 0.05) is 26.3 Å². The first-order valence-corrected chi connectivity index (χ1v) is 9.64. The Balaban J connectivity index is 1.42. The van der Waals surface area contributed by atoms with E-state index in [2.05, 4.69) is 4.98 Å². The van der Waals surface area contributed by atoms with Crippen molar-refractivity contribution in [3.05, 3.63) is 53.0 Å². The molecule has 7 heteroatoms. The molecule has 2 aromatic rings. The van der Waals surface area contributed by atoms with Crippen LogP contribution in [-0.4, -0.2) is 28.3 Å². The van der Waals surface area contributed by atoms with E-state index in [1.54, 1.807) is 24.0 Å². The minimum absolute atomic E-state index is 0.0969. The van der Waals surface area contributed by atoms with Crippen molar-refractivity contribution in [2.24, 2.45) is 5.92 Å². The van der Waals surface area contributed by atoms with E-state index in [1.165, 1.54) is 12.1 Å². The molecule has 0 saturated carbocycles. The fourth-order valence-electron chi connectivity index (χ4n) is 4.04. The summed E-state index contributed by atoms with van der Waals surface area (Å²) >= 11 is 0. The van der Waals surface area contributed by atoms with Crippen LogP contribution in [0, 0.1) is 18.7 Å². The van der Waals surface area contributed by atoms with E-state index in [9.17, 15) is 14.0 Å². The summed E-state index contributed by atoms with van der Waals surface area (Å²) in [7, 11) is 0. The molecule has 0 N–H and O–H groups in total. The van der Waals surface area contributed by atoms with E-state index < -0.39 is 12.0 Å². The molecule has 148 valence electrons. The summed E-state index contributed by atoms with van der Waals surface area (Å²) in [5.41, 5.74) is 1.54. The number of hydrogen-bond acceptors (Lipinski definition) is 5. The molecular formula is C21H23FN2O4. The highest BCUT2D eigenvalue weighted by Gasteiger charge is 2.39. The van der Waals surface area contributed by atoms with E-state index >= 15 is 0 Å². The van der Waals surface area contributed by atoms with Crippen molar-refractivity contribution >= 4 is 11.9 Å². The molecule has 4 rings (SSSR count). The van der Waals surface area contributed by atoms with E-state index in [-0.39, 0.29) is 30.2 Å². The van der Waals surface area contributed by atoms with Gasteiger partial charge in [0.1, 0.15) is 23.4 Å². The van der Waals surface area contributed by atoms with Crippen molar-refractivity contribution in [2.45, 2.75) is 51.7 Å². The average molecular weight is 386 g/mol. The van der Waals surface area contributed by atoms with Crippen LogP contribution in [0.5, 0.6) is 0 Å². The summed E-state index contributed by atoms with van der Waals surface area (Å²) in [5.74, 6) is 0.0637. The highest BCUT2D eigenvalue weighted by Crippen LogP contribution is 2.35. The van der Waals surface area contributed by atoms with Gasteiger partial charge in [-0.25, -0.2) is 9.37 Å². The molecule has 2 aliphatic rings. The van der Waals surface area contributed by atoms with E-state index in [1.807, 2.05) is 6.92 Å².